The molecule has 0 saturated heterocycles. The lowest BCUT2D eigenvalue weighted by Crippen LogP contribution is -2.28. The van der Waals surface area contributed by atoms with Crippen molar-refractivity contribution in [2.75, 3.05) is 6.54 Å². The van der Waals surface area contributed by atoms with Crippen molar-refractivity contribution in [2.45, 2.75) is 26.3 Å². The third kappa shape index (κ3) is 3.91. The van der Waals surface area contributed by atoms with Crippen LogP contribution in [0.3, 0.4) is 0 Å². The molecular formula is C18H22FN. The van der Waals surface area contributed by atoms with E-state index >= 15 is 0 Å². The number of halogens is 1. The second-order valence-corrected chi connectivity index (χ2v) is 5.25. The lowest BCUT2D eigenvalue weighted by atomic mass is 9.89. The highest BCUT2D eigenvalue weighted by atomic mass is 19.1. The largest absolute Gasteiger partial charge is 0.310 e. The minimum Gasteiger partial charge on any atom is -0.310 e. The summed E-state index contributed by atoms with van der Waals surface area (Å²) in [5.74, 6) is 0.274. The molecule has 0 bridgehead atoms. The molecule has 1 nitrogen and oxygen atoms in total. The van der Waals surface area contributed by atoms with Gasteiger partial charge in [-0.05, 0) is 42.1 Å². The molecule has 0 spiro atoms. The van der Waals surface area contributed by atoms with E-state index in [1.54, 1.807) is 0 Å². The summed E-state index contributed by atoms with van der Waals surface area (Å²) in [5, 5.41) is 3.56. The molecule has 0 aromatic heterocycles. The summed E-state index contributed by atoms with van der Waals surface area (Å²) in [6, 6.07) is 17.7. The average Bonchev–Trinajstić information content (AvgIpc) is 2.48. The smallest absolute Gasteiger partial charge is 0.123 e. The average molecular weight is 271 g/mol. The van der Waals surface area contributed by atoms with Gasteiger partial charge in [0.2, 0.25) is 0 Å². The Hall–Kier alpha value is -1.67. The van der Waals surface area contributed by atoms with Crippen LogP contribution in [0.25, 0.3) is 0 Å². The van der Waals surface area contributed by atoms with Crippen LogP contribution in [0.4, 0.5) is 4.39 Å². The topological polar surface area (TPSA) is 12.0 Å². The Morgan fingerprint density at radius 1 is 1.00 bits per heavy atom. The fourth-order valence-electron chi connectivity index (χ4n) is 2.64. The molecule has 0 heterocycles. The molecule has 0 amide bonds. The van der Waals surface area contributed by atoms with Crippen molar-refractivity contribution in [1.29, 1.82) is 0 Å². The van der Waals surface area contributed by atoms with Crippen LogP contribution in [0.1, 0.15) is 31.0 Å². The van der Waals surface area contributed by atoms with Gasteiger partial charge in [0.25, 0.3) is 0 Å². The van der Waals surface area contributed by atoms with Gasteiger partial charge in [-0.15, -0.1) is 0 Å². The van der Waals surface area contributed by atoms with Crippen LogP contribution < -0.4 is 5.32 Å². The number of rotatable bonds is 6. The molecule has 2 heteroatoms. The van der Waals surface area contributed by atoms with E-state index in [4.69, 9.17) is 0 Å². The maximum absolute atomic E-state index is 13.0. The molecule has 20 heavy (non-hydrogen) atoms. The Bertz CT molecular complexity index is 507. The zero-order chi connectivity index (χ0) is 14.4. The van der Waals surface area contributed by atoms with E-state index in [1.807, 2.05) is 18.2 Å². The van der Waals surface area contributed by atoms with Gasteiger partial charge < -0.3 is 5.32 Å². The summed E-state index contributed by atoms with van der Waals surface area (Å²) < 4.78 is 13.0. The first-order valence-electron chi connectivity index (χ1n) is 7.23. The molecule has 2 aromatic carbocycles. The van der Waals surface area contributed by atoms with Crippen molar-refractivity contribution in [2.24, 2.45) is 5.92 Å². The second-order valence-electron chi connectivity index (χ2n) is 5.25. The lowest BCUT2D eigenvalue weighted by Gasteiger charge is -2.25. The van der Waals surface area contributed by atoms with E-state index in [2.05, 4.69) is 43.4 Å². The van der Waals surface area contributed by atoms with Crippen LogP contribution in [0.2, 0.25) is 0 Å². The van der Waals surface area contributed by atoms with Crippen LogP contribution in [-0.4, -0.2) is 6.54 Å². The van der Waals surface area contributed by atoms with E-state index in [-0.39, 0.29) is 5.82 Å². The highest BCUT2D eigenvalue weighted by Crippen LogP contribution is 2.25. The van der Waals surface area contributed by atoms with Gasteiger partial charge in [0.15, 0.2) is 0 Å². The van der Waals surface area contributed by atoms with Gasteiger partial charge in [0, 0.05) is 6.04 Å². The Balaban J connectivity index is 2.11. The predicted molar refractivity (Wildman–Crippen MR) is 82.1 cm³/mol. The molecule has 0 saturated carbocycles. The fraction of sp³-hybridized carbons (Fsp3) is 0.333. The highest BCUT2D eigenvalue weighted by molar-refractivity contribution is 5.22. The Morgan fingerprint density at radius 2 is 1.65 bits per heavy atom. The lowest BCUT2D eigenvalue weighted by molar-refractivity contribution is 0.391. The first-order valence-corrected chi connectivity index (χ1v) is 7.23. The Morgan fingerprint density at radius 3 is 2.25 bits per heavy atom. The highest BCUT2D eigenvalue weighted by Gasteiger charge is 2.18. The van der Waals surface area contributed by atoms with Gasteiger partial charge in [-0.2, -0.15) is 0 Å². The minimum atomic E-state index is -0.173. The molecule has 0 aliphatic rings. The van der Waals surface area contributed by atoms with Gasteiger partial charge in [-0.25, -0.2) is 4.39 Å². The van der Waals surface area contributed by atoms with Crippen molar-refractivity contribution in [3.63, 3.8) is 0 Å². The molecule has 1 N–H and O–H groups in total. The number of benzene rings is 2. The standard InChI is InChI=1S/C18H22FN/c1-3-20-18(16-7-5-4-6-8-16)14(2)13-15-9-11-17(19)12-10-15/h4-12,14,18,20H,3,13H2,1-2H3. The summed E-state index contributed by atoms with van der Waals surface area (Å²) in [4.78, 5) is 0. The first-order chi connectivity index (χ1) is 9.70. The Labute approximate surface area is 120 Å². The van der Waals surface area contributed by atoms with Crippen molar-refractivity contribution in [3.8, 4) is 0 Å². The van der Waals surface area contributed by atoms with Crippen molar-refractivity contribution in [3.05, 3.63) is 71.5 Å². The summed E-state index contributed by atoms with van der Waals surface area (Å²) >= 11 is 0. The summed E-state index contributed by atoms with van der Waals surface area (Å²) in [7, 11) is 0. The van der Waals surface area contributed by atoms with Crippen LogP contribution in [0.15, 0.2) is 54.6 Å². The van der Waals surface area contributed by atoms with Gasteiger partial charge in [-0.1, -0.05) is 56.3 Å². The van der Waals surface area contributed by atoms with Crippen molar-refractivity contribution in [1.82, 2.24) is 5.32 Å². The van der Waals surface area contributed by atoms with Gasteiger partial charge in [0.05, 0.1) is 0 Å². The molecular weight excluding hydrogens is 249 g/mol. The van der Waals surface area contributed by atoms with Gasteiger partial charge >= 0.3 is 0 Å². The van der Waals surface area contributed by atoms with Crippen LogP contribution in [0, 0.1) is 11.7 Å². The molecule has 2 aromatic rings. The molecule has 2 atom stereocenters. The third-order valence-corrected chi connectivity index (χ3v) is 3.62. The molecule has 0 radical (unpaired) electrons. The number of hydrogen-bond acceptors (Lipinski definition) is 1. The van der Waals surface area contributed by atoms with Crippen LogP contribution in [0.5, 0.6) is 0 Å². The van der Waals surface area contributed by atoms with Crippen molar-refractivity contribution < 1.29 is 4.39 Å². The monoisotopic (exact) mass is 271 g/mol. The maximum atomic E-state index is 13.0. The van der Waals surface area contributed by atoms with Crippen LogP contribution in [-0.2, 0) is 6.42 Å². The minimum absolute atomic E-state index is 0.173. The SMILES string of the molecule is CCNC(c1ccccc1)C(C)Cc1ccc(F)cc1. The summed E-state index contributed by atoms with van der Waals surface area (Å²) in [5.41, 5.74) is 2.49. The molecule has 0 fully saturated rings. The van der Waals surface area contributed by atoms with E-state index in [0.29, 0.717) is 12.0 Å². The van der Waals surface area contributed by atoms with Crippen LogP contribution >= 0.6 is 0 Å². The second kappa shape index (κ2) is 7.20. The normalized spacial score (nSPS) is 13.9. The van der Waals surface area contributed by atoms with Gasteiger partial charge in [0.1, 0.15) is 5.82 Å². The molecule has 2 rings (SSSR count). The number of hydrogen-bond donors (Lipinski definition) is 1. The maximum Gasteiger partial charge on any atom is 0.123 e. The predicted octanol–water partition coefficient (Wildman–Crippen LogP) is 4.36. The van der Waals surface area contributed by atoms with E-state index < -0.39 is 0 Å². The number of nitrogens with one attached hydrogen (secondary N) is 1. The van der Waals surface area contributed by atoms with E-state index in [0.717, 1.165) is 13.0 Å². The zero-order valence-corrected chi connectivity index (χ0v) is 12.1. The van der Waals surface area contributed by atoms with Crippen molar-refractivity contribution >= 4 is 0 Å². The first kappa shape index (κ1) is 14.7. The fourth-order valence-corrected chi connectivity index (χ4v) is 2.64. The van der Waals surface area contributed by atoms with E-state index in [9.17, 15) is 4.39 Å². The quantitative estimate of drug-likeness (QED) is 0.823. The van der Waals surface area contributed by atoms with E-state index in [1.165, 1.54) is 23.3 Å². The van der Waals surface area contributed by atoms with Gasteiger partial charge in [-0.3, -0.25) is 0 Å². The zero-order valence-electron chi connectivity index (χ0n) is 12.1. The third-order valence-electron chi connectivity index (χ3n) is 3.62. The molecule has 0 aliphatic carbocycles. The molecule has 0 aliphatic heterocycles. The summed E-state index contributed by atoms with van der Waals surface area (Å²) in [6.07, 6.45) is 0.937. The molecule has 2 unspecified atom stereocenters. The Kier molecular flexibility index (Phi) is 5.31. The molecule has 106 valence electrons. The summed E-state index contributed by atoms with van der Waals surface area (Å²) in [6.45, 7) is 5.30.